The lowest BCUT2D eigenvalue weighted by atomic mass is 9.82. The first-order valence-electron chi connectivity index (χ1n) is 10.6. The van der Waals surface area contributed by atoms with Gasteiger partial charge in [-0.2, -0.15) is 0 Å². The summed E-state index contributed by atoms with van der Waals surface area (Å²) < 4.78 is 10.9. The predicted octanol–water partition coefficient (Wildman–Crippen LogP) is 4.69. The van der Waals surface area contributed by atoms with Gasteiger partial charge >= 0.3 is 5.97 Å². The third kappa shape index (κ3) is 3.68. The molecule has 0 N–H and O–H groups in total. The number of carbonyl (C=O) groups is 3. The van der Waals surface area contributed by atoms with Gasteiger partial charge in [-0.15, -0.1) is 0 Å². The van der Waals surface area contributed by atoms with Gasteiger partial charge in [0, 0.05) is 22.3 Å². The van der Waals surface area contributed by atoms with Crippen molar-refractivity contribution in [2.75, 3.05) is 0 Å². The normalized spacial score (nSPS) is 12.1. The largest absolute Gasteiger partial charge is 0.455 e. The van der Waals surface area contributed by atoms with E-state index in [1.54, 1.807) is 19.1 Å². The molecule has 0 bridgehead atoms. The predicted molar refractivity (Wildman–Crippen MR) is 122 cm³/mol. The number of nitro groups is 1. The number of aromatic nitrogens is 1. The second kappa shape index (κ2) is 8.45. The number of rotatable bonds is 5. The molecular weight excluding hydrogens is 452 g/mol. The van der Waals surface area contributed by atoms with Crippen molar-refractivity contribution in [3.8, 4) is 11.5 Å². The van der Waals surface area contributed by atoms with Crippen molar-refractivity contribution < 1.29 is 28.5 Å². The number of fused-ring (bicyclic) bond motifs is 2. The van der Waals surface area contributed by atoms with E-state index >= 15 is 0 Å². The van der Waals surface area contributed by atoms with Gasteiger partial charge in [0.15, 0.2) is 5.78 Å². The van der Waals surface area contributed by atoms with Crippen LogP contribution in [0.3, 0.4) is 0 Å². The second-order valence-corrected chi connectivity index (χ2v) is 7.81. The van der Waals surface area contributed by atoms with E-state index in [4.69, 9.17) is 9.15 Å². The standard InChI is InChI=1S/C26H16N2O7/c1-14-20(27-25(35-14)15-7-3-2-4-8-15)13-34-26(31)19-12-11-18-21(22(19)28(32)33)24(30)17-10-6-5-9-16(17)23(18)29/h2-12H,13H2,1H3. The van der Waals surface area contributed by atoms with Gasteiger partial charge in [-0.3, -0.25) is 19.7 Å². The maximum absolute atomic E-state index is 13.1. The third-order valence-electron chi connectivity index (χ3n) is 5.72. The molecule has 1 aliphatic rings. The summed E-state index contributed by atoms with van der Waals surface area (Å²) in [4.78, 5) is 54.3. The minimum absolute atomic E-state index is 0.0466. The monoisotopic (exact) mass is 468 g/mol. The molecule has 3 aromatic carbocycles. The Hall–Kier alpha value is -4.92. The number of nitro benzene ring substituents is 1. The number of hydrogen-bond donors (Lipinski definition) is 0. The van der Waals surface area contributed by atoms with Gasteiger partial charge < -0.3 is 9.15 Å². The van der Waals surface area contributed by atoms with Crippen LogP contribution in [0.5, 0.6) is 0 Å². The quantitative estimate of drug-likeness (QED) is 0.206. The number of benzene rings is 3. The highest BCUT2D eigenvalue weighted by molar-refractivity contribution is 6.30. The topological polar surface area (TPSA) is 130 Å². The van der Waals surface area contributed by atoms with E-state index in [1.165, 1.54) is 18.2 Å². The van der Waals surface area contributed by atoms with Crippen molar-refractivity contribution in [3.05, 3.63) is 116 Å². The lowest BCUT2D eigenvalue weighted by molar-refractivity contribution is -0.385. The molecule has 9 heteroatoms. The molecule has 172 valence electrons. The molecule has 0 saturated carbocycles. The molecule has 0 unspecified atom stereocenters. The molecule has 0 atom stereocenters. The van der Waals surface area contributed by atoms with Crippen LogP contribution in [0, 0.1) is 17.0 Å². The zero-order valence-corrected chi connectivity index (χ0v) is 18.3. The minimum atomic E-state index is -1.03. The highest BCUT2D eigenvalue weighted by atomic mass is 16.6. The highest BCUT2D eigenvalue weighted by Gasteiger charge is 2.39. The Kier molecular flexibility index (Phi) is 5.29. The molecule has 0 radical (unpaired) electrons. The van der Waals surface area contributed by atoms with E-state index in [0.29, 0.717) is 17.3 Å². The van der Waals surface area contributed by atoms with Crippen LogP contribution in [-0.4, -0.2) is 27.4 Å². The average Bonchev–Trinajstić information content (AvgIpc) is 3.25. The number of nitrogens with zero attached hydrogens (tertiary/aromatic N) is 2. The molecule has 5 rings (SSSR count). The fourth-order valence-electron chi connectivity index (χ4n) is 4.00. The van der Waals surface area contributed by atoms with Crippen molar-refractivity contribution >= 4 is 23.2 Å². The molecular formula is C26H16N2O7. The molecule has 9 nitrogen and oxygen atoms in total. The van der Waals surface area contributed by atoms with Crippen molar-refractivity contribution in [1.29, 1.82) is 0 Å². The van der Waals surface area contributed by atoms with Crippen LogP contribution in [0.4, 0.5) is 5.69 Å². The number of hydrogen-bond acceptors (Lipinski definition) is 8. The summed E-state index contributed by atoms with van der Waals surface area (Å²) in [6.45, 7) is 1.36. The summed E-state index contributed by atoms with van der Waals surface area (Å²) in [5.74, 6) is -1.48. The fraction of sp³-hybridized carbons (Fsp3) is 0.0769. The third-order valence-corrected chi connectivity index (χ3v) is 5.72. The van der Waals surface area contributed by atoms with Crippen LogP contribution in [0.1, 0.15) is 53.7 Å². The zero-order valence-electron chi connectivity index (χ0n) is 18.3. The smallest absolute Gasteiger partial charge is 0.345 e. The Morgan fingerprint density at radius 2 is 1.60 bits per heavy atom. The van der Waals surface area contributed by atoms with Gasteiger partial charge in [-0.25, -0.2) is 9.78 Å². The molecule has 0 spiro atoms. The van der Waals surface area contributed by atoms with Crippen LogP contribution in [0.25, 0.3) is 11.5 Å². The molecule has 35 heavy (non-hydrogen) atoms. The zero-order chi connectivity index (χ0) is 24.7. The van der Waals surface area contributed by atoms with E-state index < -0.39 is 39.3 Å². The molecule has 0 aliphatic heterocycles. The number of aryl methyl sites for hydroxylation is 1. The maximum atomic E-state index is 13.1. The summed E-state index contributed by atoms with van der Waals surface area (Å²) >= 11 is 0. The van der Waals surface area contributed by atoms with E-state index in [0.717, 1.165) is 11.6 Å². The van der Waals surface area contributed by atoms with E-state index in [9.17, 15) is 24.5 Å². The number of ketones is 2. The van der Waals surface area contributed by atoms with Crippen molar-refractivity contribution in [2.24, 2.45) is 0 Å². The Bertz CT molecular complexity index is 1540. The van der Waals surface area contributed by atoms with E-state index in [2.05, 4.69) is 4.98 Å². The summed E-state index contributed by atoms with van der Waals surface area (Å²) in [5.41, 5.74) is -0.453. The Balaban J connectivity index is 1.47. The van der Waals surface area contributed by atoms with Gasteiger partial charge in [0.25, 0.3) is 5.69 Å². The van der Waals surface area contributed by atoms with Gasteiger partial charge in [0.1, 0.15) is 29.2 Å². The Morgan fingerprint density at radius 3 is 2.29 bits per heavy atom. The number of ether oxygens (including phenoxy) is 1. The molecule has 1 aliphatic carbocycles. The minimum Gasteiger partial charge on any atom is -0.455 e. The first-order valence-corrected chi connectivity index (χ1v) is 10.6. The van der Waals surface area contributed by atoms with Gasteiger partial charge in [0.2, 0.25) is 11.7 Å². The van der Waals surface area contributed by atoms with E-state index in [1.807, 2.05) is 30.3 Å². The Labute approximate surface area is 198 Å². The number of oxazole rings is 1. The molecule has 0 amide bonds. The van der Waals surface area contributed by atoms with E-state index in [-0.39, 0.29) is 23.3 Å². The van der Waals surface area contributed by atoms with Crippen LogP contribution < -0.4 is 0 Å². The molecule has 1 aromatic heterocycles. The molecule has 1 heterocycles. The first-order chi connectivity index (χ1) is 16.9. The average molecular weight is 468 g/mol. The van der Waals surface area contributed by atoms with Gasteiger partial charge in [0.05, 0.1) is 4.92 Å². The summed E-state index contributed by atoms with van der Waals surface area (Å²) in [7, 11) is 0. The van der Waals surface area contributed by atoms with Crippen LogP contribution in [0.2, 0.25) is 0 Å². The van der Waals surface area contributed by atoms with Crippen molar-refractivity contribution in [2.45, 2.75) is 13.5 Å². The van der Waals surface area contributed by atoms with Crippen LogP contribution in [0.15, 0.2) is 71.1 Å². The summed E-state index contributed by atoms with van der Waals surface area (Å²) in [5, 5.41) is 12.0. The highest BCUT2D eigenvalue weighted by Crippen LogP contribution is 2.36. The van der Waals surface area contributed by atoms with Crippen LogP contribution >= 0.6 is 0 Å². The van der Waals surface area contributed by atoms with Crippen molar-refractivity contribution in [3.63, 3.8) is 0 Å². The molecule has 0 saturated heterocycles. The SMILES string of the molecule is Cc1oc(-c2ccccc2)nc1COC(=O)c1ccc2c(c1[N+](=O)[O-])C(=O)c1ccccc1C2=O. The summed E-state index contributed by atoms with van der Waals surface area (Å²) in [6, 6.07) is 17.6. The Morgan fingerprint density at radius 1 is 0.943 bits per heavy atom. The number of esters is 1. The molecule has 4 aromatic rings. The lowest BCUT2D eigenvalue weighted by Crippen LogP contribution is -2.23. The van der Waals surface area contributed by atoms with Crippen molar-refractivity contribution in [1.82, 2.24) is 4.98 Å². The fourth-order valence-corrected chi connectivity index (χ4v) is 4.00. The molecule has 0 fully saturated rings. The lowest BCUT2D eigenvalue weighted by Gasteiger charge is -2.18. The number of carbonyl (C=O) groups excluding carboxylic acids is 3. The summed E-state index contributed by atoms with van der Waals surface area (Å²) in [6.07, 6.45) is 0. The van der Waals surface area contributed by atoms with Gasteiger partial charge in [-0.05, 0) is 31.2 Å². The second-order valence-electron chi connectivity index (χ2n) is 7.81. The maximum Gasteiger partial charge on any atom is 0.345 e. The van der Waals surface area contributed by atoms with Crippen LogP contribution in [-0.2, 0) is 11.3 Å². The van der Waals surface area contributed by atoms with Gasteiger partial charge in [-0.1, -0.05) is 42.5 Å². The first kappa shape index (κ1) is 21.9.